The van der Waals surface area contributed by atoms with Crippen LogP contribution in [0, 0.1) is 0 Å². The van der Waals surface area contributed by atoms with Crippen LogP contribution in [0.15, 0.2) is 0 Å². The van der Waals surface area contributed by atoms with Crippen molar-refractivity contribution >= 4 is 11.9 Å². The van der Waals surface area contributed by atoms with E-state index in [1.807, 2.05) is 6.92 Å². The third-order valence-corrected chi connectivity index (χ3v) is 3.34. The van der Waals surface area contributed by atoms with Crippen molar-refractivity contribution in [1.82, 2.24) is 0 Å². The fourth-order valence-electron chi connectivity index (χ4n) is 2.07. The Labute approximate surface area is 127 Å². The van der Waals surface area contributed by atoms with Crippen molar-refractivity contribution < 1.29 is 24.5 Å². The van der Waals surface area contributed by atoms with Gasteiger partial charge in [-0.05, 0) is 52.4 Å². The van der Waals surface area contributed by atoms with Crippen LogP contribution < -0.4 is 0 Å². The van der Waals surface area contributed by atoms with Crippen LogP contribution in [0.5, 0.6) is 0 Å². The van der Waals surface area contributed by atoms with E-state index in [9.17, 15) is 14.7 Å². The number of ether oxygens (including phenoxy) is 1. The molecule has 124 valence electrons. The van der Waals surface area contributed by atoms with Crippen molar-refractivity contribution in [1.29, 1.82) is 0 Å². The molecular weight excluding hydrogens is 272 g/mol. The maximum absolute atomic E-state index is 11.7. The van der Waals surface area contributed by atoms with Gasteiger partial charge in [-0.15, -0.1) is 0 Å². The van der Waals surface area contributed by atoms with Gasteiger partial charge in [0, 0.05) is 12.8 Å². The highest BCUT2D eigenvalue weighted by Crippen LogP contribution is 2.15. The monoisotopic (exact) mass is 302 g/mol. The second-order valence-corrected chi connectivity index (χ2v) is 6.18. The maximum atomic E-state index is 11.7. The molecule has 0 spiro atoms. The van der Waals surface area contributed by atoms with Gasteiger partial charge in [-0.2, -0.15) is 0 Å². The summed E-state index contributed by atoms with van der Waals surface area (Å²) in [5.74, 6) is -0.984. The normalized spacial score (nSPS) is 13.0. The molecule has 0 saturated carbocycles. The molecule has 0 bridgehead atoms. The third kappa shape index (κ3) is 13.6. The number of rotatable bonds is 12. The van der Waals surface area contributed by atoms with Crippen LogP contribution in [0.3, 0.4) is 0 Å². The zero-order chi connectivity index (χ0) is 16.3. The number of hydrogen-bond donors (Lipinski definition) is 2. The average Bonchev–Trinajstić information content (AvgIpc) is 2.37. The Morgan fingerprint density at radius 1 is 1.10 bits per heavy atom. The van der Waals surface area contributed by atoms with E-state index in [1.165, 1.54) is 0 Å². The first-order valence-electron chi connectivity index (χ1n) is 7.88. The molecule has 0 aliphatic carbocycles. The van der Waals surface area contributed by atoms with Gasteiger partial charge in [-0.1, -0.05) is 13.3 Å². The lowest BCUT2D eigenvalue weighted by atomic mass is 10.0. The van der Waals surface area contributed by atoms with Crippen LogP contribution in [0.2, 0.25) is 0 Å². The van der Waals surface area contributed by atoms with Crippen LogP contribution in [0.4, 0.5) is 0 Å². The first-order valence-corrected chi connectivity index (χ1v) is 7.88. The molecular formula is C16H30O5. The molecule has 0 saturated heterocycles. The molecule has 0 aromatic carbocycles. The Morgan fingerprint density at radius 2 is 1.71 bits per heavy atom. The maximum Gasteiger partial charge on any atom is 0.306 e. The van der Waals surface area contributed by atoms with Crippen molar-refractivity contribution in [3.8, 4) is 0 Å². The summed E-state index contributed by atoms with van der Waals surface area (Å²) < 4.78 is 5.39. The minimum absolute atomic E-state index is 0.111. The fraction of sp³-hybridized carbons (Fsp3) is 0.875. The molecule has 0 heterocycles. The smallest absolute Gasteiger partial charge is 0.306 e. The Hall–Kier alpha value is -1.10. The topological polar surface area (TPSA) is 83.8 Å². The highest BCUT2D eigenvalue weighted by molar-refractivity contribution is 5.69. The minimum Gasteiger partial charge on any atom is -0.481 e. The van der Waals surface area contributed by atoms with Crippen LogP contribution in [0.1, 0.15) is 78.6 Å². The summed E-state index contributed by atoms with van der Waals surface area (Å²) in [4.78, 5) is 22.1. The van der Waals surface area contributed by atoms with Crippen molar-refractivity contribution in [3.63, 3.8) is 0 Å². The van der Waals surface area contributed by atoms with E-state index in [0.29, 0.717) is 19.3 Å². The number of aliphatic hydroxyl groups is 1. The Kier molecular flexibility index (Phi) is 10.0. The number of esters is 1. The van der Waals surface area contributed by atoms with E-state index in [0.717, 1.165) is 32.1 Å². The Morgan fingerprint density at radius 3 is 2.24 bits per heavy atom. The SMILES string of the molecule is CCC(CCCCC(=O)O)OC(=O)CCCCC(C)(C)O. The summed E-state index contributed by atoms with van der Waals surface area (Å²) in [5.41, 5.74) is -0.681. The zero-order valence-electron chi connectivity index (χ0n) is 13.6. The van der Waals surface area contributed by atoms with Crippen LogP contribution in [0.25, 0.3) is 0 Å². The molecule has 0 amide bonds. The van der Waals surface area contributed by atoms with E-state index < -0.39 is 11.6 Å². The molecule has 0 aliphatic heterocycles. The number of aliphatic carboxylic acids is 1. The summed E-state index contributed by atoms with van der Waals surface area (Å²) in [6, 6.07) is 0. The van der Waals surface area contributed by atoms with E-state index in [-0.39, 0.29) is 18.5 Å². The number of carboxylic acid groups (broad SMARTS) is 1. The number of carbonyl (C=O) groups excluding carboxylic acids is 1. The first-order chi connectivity index (χ1) is 9.74. The molecule has 0 fully saturated rings. The molecule has 2 N–H and O–H groups in total. The number of unbranched alkanes of at least 4 members (excludes halogenated alkanes) is 2. The van der Waals surface area contributed by atoms with Crippen molar-refractivity contribution in [2.75, 3.05) is 0 Å². The van der Waals surface area contributed by atoms with E-state index in [1.54, 1.807) is 13.8 Å². The van der Waals surface area contributed by atoms with E-state index in [4.69, 9.17) is 9.84 Å². The number of carboxylic acids is 1. The lowest BCUT2D eigenvalue weighted by Crippen LogP contribution is -2.19. The molecule has 0 radical (unpaired) electrons. The van der Waals surface area contributed by atoms with Crippen LogP contribution in [-0.2, 0) is 14.3 Å². The number of hydrogen-bond acceptors (Lipinski definition) is 4. The van der Waals surface area contributed by atoms with Gasteiger partial charge >= 0.3 is 11.9 Å². The fourth-order valence-corrected chi connectivity index (χ4v) is 2.07. The van der Waals surface area contributed by atoms with Gasteiger partial charge in [0.2, 0.25) is 0 Å². The summed E-state index contributed by atoms with van der Waals surface area (Å²) >= 11 is 0. The van der Waals surface area contributed by atoms with Crippen molar-refractivity contribution in [3.05, 3.63) is 0 Å². The Balaban J connectivity index is 3.75. The molecule has 5 nitrogen and oxygen atoms in total. The highest BCUT2D eigenvalue weighted by atomic mass is 16.5. The standard InChI is InChI=1S/C16H30O5/c1-4-13(9-5-6-10-14(17)18)21-15(19)11-7-8-12-16(2,3)20/h13,20H,4-12H2,1-3H3,(H,17,18). The molecule has 1 atom stereocenters. The molecule has 0 aliphatic rings. The van der Waals surface area contributed by atoms with Gasteiger partial charge in [0.1, 0.15) is 6.10 Å². The molecule has 1 unspecified atom stereocenters. The van der Waals surface area contributed by atoms with Crippen LogP contribution in [-0.4, -0.2) is 33.9 Å². The summed E-state index contributed by atoms with van der Waals surface area (Å²) in [6.45, 7) is 5.48. The largest absolute Gasteiger partial charge is 0.481 e. The van der Waals surface area contributed by atoms with Crippen molar-refractivity contribution in [2.24, 2.45) is 0 Å². The van der Waals surface area contributed by atoms with Crippen molar-refractivity contribution in [2.45, 2.75) is 90.3 Å². The lowest BCUT2D eigenvalue weighted by Gasteiger charge is -2.17. The predicted molar refractivity (Wildman–Crippen MR) is 81.0 cm³/mol. The van der Waals surface area contributed by atoms with Gasteiger partial charge in [-0.25, -0.2) is 0 Å². The first kappa shape index (κ1) is 19.9. The summed E-state index contributed by atoms with van der Waals surface area (Å²) in [7, 11) is 0. The third-order valence-electron chi connectivity index (χ3n) is 3.34. The summed E-state index contributed by atoms with van der Waals surface area (Å²) in [5, 5.41) is 18.1. The molecule has 5 heteroatoms. The zero-order valence-corrected chi connectivity index (χ0v) is 13.6. The van der Waals surface area contributed by atoms with Gasteiger partial charge in [0.05, 0.1) is 5.60 Å². The second kappa shape index (κ2) is 10.6. The number of carbonyl (C=O) groups is 2. The average molecular weight is 302 g/mol. The lowest BCUT2D eigenvalue weighted by molar-refractivity contribution is -0.150. The minimum atomic E-state index is -0.785. The molecule has 0 rings (SSSR count). The Bertz CT molecular complexity index is 306. The quantitative estimate of drug-likeness (QED) is 0.427. The molecule has 21 heavy (non-hydrogen) atoms. The molecule has 0 aromatic heterocycles. The van der Waals surface area contributed by atoms with Gasteiger partial charge in [0.25, 0.3) is 0 Å². The predicted octanol–water partition coefficient (Wildman–Crippen LogP) is 3.28. The van der Waals surface area contributed by atoms with E-state index >= 15 is 0 Å². The highest BCUT2D eigenvalue weighted by Gasteiger charge is 2.14. The van der Waals surface area contributed by atoms with Gasteiger partial charge in [0.15, 0.2) is 0 Å². The molecule has 0 aromatic rings. The summed E-state index contributed by atoms with van der Waals surface area (Å²) in [6.07, 6.45) is 5.48. The van der Waals surface area contributed by atoms with Crippen LogP contribution >= 0.6 is 0 Å². The van der Waals surface area contributed by atoms with Gasteiger partial charge in [-0.3, -0.25) is 9.59 Å². The van der Waals surface area contributed by atoms with Gasteiger partial charge < -0.3 is 14.9 Å². The van der Waals surface area contributed by atoms with E-state index in [2.05, 4.69) is 0 Å². The second-order valence-electron chi connectivity index (χ2n) is 6.18.